The van der Waals surface area contributed by atoms with E-state index in [1.54, 1.807) is 0 Å². The molecule has 0 radical (unpaired) electrons. The van der Waals surface area contributed by atoms with E-state index < -0.39 is 7.82 Å². The SMILES string of the molecule is C=CCCCCCCCCCOP(=O)(O)OCC[N+](C)(C)C. The largest absolute Gasteiger partial charge is 0.472 e. The fourth-order valence-electron chi connectivity index (χ4n) is 1.92. The summed E-state index contributed by atoms with van der Waals surface area (Å²) in [7, 11) is 2.14. The molecule has 22 heavy (non-hydrogen) atoms. The molecule has 5 nitrogen and oxygen atoms in total. The summed E-state index contributed by atoms with van der Waals surface area (Å²) in [4.78, 5) is 9.53. The number of hydrogen-bond acceptors (Lipinski definition) is 3. The Hall–Kier alpha value is -0.190. The van der Waals surface area contributed by atoms with E-state index in [0.717, 1.165) is 25.7 Å². The number of quaternary nitrogens is 1. The van der Waals surface area contributed by atoms with Crippen LogP contribution in [0, 0.1) is 0 Å². The maximum atomic E-state index is 11.6. The van der Waals surface area contributed by atoms with Gasteiger partial charge in [-0.2, -0.15) is 0 Å². The van der Waals surface area contributed by atoms with Crippen LogP contribution in [0.15, 0.2) is 12.7 Å². The zero-order chi connectivity index (χ0) is 16.9. The summed E-state index contributed by atoms with van der Waals surface area (Å²) in [5.74, 6) is 0. The van der Waals surface area contributed by atoms with Crippen LogP contribution < -0.4 is 0 Å². The van der Waals surface area contributed by atoms with Crippen LogP contribution >= 0.6 is 7.82 Å². The Morgan fingerprint density at radius 1 is 0.955 bits per heavy atom. The zero-order valence-corrected chi connectivity index (χ0v) is 15.5. The van der Waals surface area contributed by atoms with E-state index in [1.165, 1.54) is 25.7 Å². The van der Waals surface area contributed by atoms with Gasteiger partial charge in [-0.05, 0) is 19.3 Å². The van der Waals surface area contributed by atoms with E-state index >= 15 is 0 Å². The number of likely N-dealkylation sites (N-methyl/N-ethyl adjacent to an activating group) is 1. The standard InChI is InChI=1S/C16H34NO4P/c1-5-6-7-8-9-10-11-12-13-15-20-22(18,19)21-16-14-17(2,3)4/h5H,1,6-16H2,2-4H3/p+1. The third-order valence-electron chi connectivity index (χ3n) is 3.32. The quantitative estimate of drug-likeness (QED) is 0.211. The Labute approximate surface area is 136 Å². The van der Waals surface area contributed by atoms with Gasteiger partial charge in [-0.3, -0.25) is 9.05 Å². The van der Waals surface area contributed by atoms with Crippen LogP contribution in [0.25, 0.3) is 0 Å². The zero-order valence-electron chi connectivity index (χ0n) is 14.6. The molecule has 0 aliphatic carbocycles. The van der Waals surface area contributed by atoms with Crippen molar-refractivity contribution in [3.63, 3.8) is 0 Å². The molecule has 6 heteroatoms. The second-order valence-electron chi connectivity index (χ2n) is 6.70. The van der Waals surface area contributed by atoms with E-state index in [2.05, 4.69) is 6.58 Å². The first-order valence-electron chi connectivity index (χ1n) is 8.30. The van der Waals surface area contributed by atoms with Crippen molar-refractivity contribution in [2.24, 2.45) is 0 Å². The molecule has 0 spiro atoms. The number of rotatable bonds is 15. The van der Waals surface area contributed by atoms with E-state index in [-0.39, 0.29) is 13.2 Å². The third kappa shape index (κ3) is 16.2. The molecular weight excluding hydrogens is 301 g/mol. The average Bonchev–Trinajstić information content (AvgIpc) is 2.39. The van der Waals surface area contributed by atoms with Crippen LogP contribution in [0.5, 0.6) is 0 Å². The fraction of sp³-hybridized carbons (Fsp3) is 0.875. The molecule has 132 valence electrons. The number of hydrogen-bond donors (Lipinski definition) is 1. The summed E-state index contributed by atoms with van der Waals surface area (Å²) < 4.78 is 22.2. The molecule has 0 aromatic rings. The van der Waals surface area contributed by atoms with Gasteiger partial charge < -0.3 is 9.38 Å². The number of allylic oxidation sites excluding steroid dienone is 1. The van der Waals surface area contributed by atoms with Gasteiger partial charge in [0, 0.05) is 0 Å². The summed E-state index contributed by atoms with van der Waals surface area (Å²) >= 11 is 0. The fourth-order valence-corrected chi connectivity index (χ4v) is 2.67. The Morgan fingerprint density at radius 3 is 2.00 bits per heavy atom. The van der Waals surface area contributed by atoms with Crippen LogP contribution in [0.2, 0.25) is 0 Å². The van der Waals surface area contributed by atoms with Gasteiger partial charge in [0.25, 0.3) is 0 Å². The highest BCUT2D eigenvalue weighted by Crippen LogP contribution is 2.43. The molecule has 0 saturated carbocycles. The topological polar surface area (TPSA) is 55.8 Å². The predicted molar refractivity (Wildman–Crippen MR) is 91.8 cm³/mol. The second-order valence-corrected chi connectivity index (χ2v) is 8.15. The van der Waals surface area contributed by atoms with Gasteiger partial charge in [0.05, 0.1) is 27.7 Å². The van der Waals surface area contributed by atoms with E-state index in [0.29, 0.717) is 11.0 Å². The minimum Gasteiger partial charge on any atom is -0.329 e. The van der Waals surface area contributed by atoms with Crippen molar-refractivity contribution in [3.8, 4) is 0 Å². The van der Waals surface area contributed by atoms with Gasteiger partial charge in [0.2, 0.25) is 0 Å². The van der Waals surface area contributed by atoms with E-state index in [9.17, 15) is 9.46 Å². The maximum absolute atomic E-state index is 11.6. The summed E-state index contributed by atoms with van der Waals surface area (Å²) in [6.45, 7) is 4.89. The van der Waals surface area contributed by atoms with Crippen molar-refractivity contribution in [2.75, 3.05) is 40.9 Å². The predicted octanol–water partition coefficient (Wildman–Crippen LogP) is 4.13. The second kappa shape index (κ2) is 12.3. The Balaban J connectivity index is 3.45. The smallest absolute Gasteiger partial charge is 0.329 e. The van der Waals surface area contributed by atoms with Crippen molar-refractivity contribution < 1.29 is 23.0 Å². The highest BCUT2D eigenvalue weighted by Gasteiger charge is 2.21. The average molecular weight is 336 g/mol. The van der Waals surface area contributed by atoms with Gasteiger partial charge in [-0.25, -0.2) is 4.57 Å². The Morgan fingerprint density at radius 2 is 1.45 bits per heavy atom. The first-order valence-corrected chi connectivity index (χ1v) is 9.79. The highest BCUT2D eigenvalue weighted by molar-refractivity contribution is 7.47. The molecule has 0 aliphatic rings. The monoisotopic (exact) mass is 336 g/mol. The normalized spacial score (nSPS) is 14.7. The number of phosphoric ester groups is 1. The van der Waals surface area contributed by atoms with Gasteiger partial charge in [0.15, 0.2) is 0 Å². The molecule has 0 aliphatic heterocycles. The molecule has 0 fully saturated rings. The molecule has 0 aromatic carbocycles. The summed E-state index contributed by atoms with van der Waals surface area (Å²) in [6, 6.07) is 0. The van der Waals surface area contributed by atoms with Gasteiger partial charge in [0.1, 0.15) is 13.2 Å². The van der Waals surface area contributed by atoms with Gasteiger partial charge in [-0.1, -0.05) is 38.2 Å². The Bertz CT molecular complexity index is 329. The van der Waals surface area contributed by atoms with Gasteiger partial charge in [-0.15, -0.1) is 6.58 Å². The molecule has 1 atom stereocenters. The number of nitrogens with zero attached hydrogens (tertiary/aromatic N) is 1. The molecule has 0 rings (SSSR count). The lowest BCUT2D eigenvalue weighted by Gasteiger charge is -2.24. The van der Waals surface area contributed by atoms with E-state index in [4.69, 9.17) is 9.05 Å². The van der Waals surface area contributed by atoms with Crippen molar-refractivity contribution in [2.45, 2.75) is 51.4 Å². The highest BCUT2D eigenvalue weighted by atomic mass is 31.2. The molecule has 1 unspecified atom stereocenters. The minimum atomic E-state index is -3.87. The van der Waals surface area contributed by atoms with Crippen molar-refractivity contribution in [3.05, 3.63) is 12.7 Å². The molecule has 1 N–H and O–H groups in total. The number of unbranched alkanes of at least 4 members (excludes halogenated alkanes) is 7. The maximum Gasteiger partial charge on any atom is 0.472 e. The number of phosphoric acid groups is 1. The Kier molecular flexibility index (Phi) is 12.2. The lowest BCUT2D eigenvalue weighted by atomic mass is 10.1. The van der Waals surface area contributed by atoms with Crippen LogP contribution in [-0.4, -0.2) is 50.3 Å². The van der Waals surface area contributed by atoms with Gasteiger partial charge >= 0.3 is 7.82 Å². The molecule has 0 amide bonds. The summed E-state index contributed by atoms with van der Waals surface area (Å²) in [6.07, 6.45) is 11.0. The van der Waals surface area contributed by atoms with Crippen molar-refractivity contribution in [1.82, 2.24) is 0 Å². The van der Waals surface area contributed by atoms with Crippen LogP contribution in [0.1, 0.15) is 51.4 Å². The van der Waals surface area contributed by atoms with Crippen molar-refractivity contribution in [1.29, 1.82) is 0 Å². The van der Waals surface area contributed by atoms with Crippen LogP contribution in [-0.2, 0) is 13.6 Å². The summed E-state index contributed by atoms with van der Waals surface area (Å²) in [5.41, 5.74) is 0. The molecule has 0 bridgehead atoms. The molecular formula is C16H35NO4P+. The lowest BCUT2D eigenvalue weighted by molar-refractivity contribution is -0.870. The molecule has 0 heterocycles. The van der Waals surface area contributed by atoms with Crippen molar-refractivity contribution >= 4 is 7.82 Å². The molecule has 0 aromatic heterocycles. The summed E-state index contributed by atoms with van der Waals surface area (Å²) in [5, 5.41) is 0. The first-order chi connectivity index (χ1) is 10.3. The lowest BCUT2D eigenvalue weighted by Crippen LogP contribution is -2.37. The van der Waals surface area contributed by atoms with Crippen LogP contribution in [0.4, 0.5) is 0 Å². The van der Waals surface area contributed by atoms with E-state index in [1.807, 2.05) is 27.2 Å². The minimum absolute atomic E-state index is 0.224. The van der Waals surface area contributed by atoms with Crippen LogP contribution in [0.3, 0.4) is 0 Å². The molecule has 0 saturated heterocycles. The first kappa shape index (κ1) is 21.8. The third-order valence-corrected chi connectivity index (χ3v) is 4.34.